The maximum absolute atomic E-state index is 8.60. The lowest BCUT2D eigenvalue weighted by Gasteiger charge is -2.15. The zero-order valence-electron chi connectivity index (χ0n) is 10.3. The number of nitrogens with zero attached hydrogens (tertiary/aromatic N) is 3. The number of azide groups is 1. The molecule has 0 spiro atoms. The normalized spacial score (nSPS) is 11.3. The molecule has 6 heteroatoms. The zero-order chi connectivity index (χ0) is 13.5. The summed E-state index contributed by atoms with van der Waals surface area (Å²) in [5.41, 5.74) is 9.43. The van der Waals surface area contributed by atoms with Gasteiger partial charge in [0.2, 0.25) is 0 Å². The number of hydrogen-bond donors (Lipinski definition) is 0. The molecule has 18 heavy (non-hydrogen) atoms. The quantitative estimate of drug-likeness (QED) is 0.338. The lowest BCUT2D eigenvalue weighted by atomic mass is 10.0. The summed E-state index contributed by atoms with van der Waals surface area (Å²) in [4.78, 5) is 2.85. The first kappa shape index (κ1) is 14.4. The van der Waals surface area contributed by atoms with Crippen LogP contribution in [0.25, 0.3) is 10.4 Å². The first-order valence-electron chi connectivity index (χ1n) is 5.24. The Morgan fingerprint density at radius 2 is 2.06 bits per heavy atom. The molecule has 0 radical (unpaired) electrons. The van der Waals surface area contributed by atoms with E-state index in [1.165, 1.54) is 0 Å². The van der Waals surface area contributed by atoms with Gasteiger partial charge in [-0.25, -0.2) is 0 Å². The van der Waals surface area contributed by atoms with Gasteiger partial charge in [-0.15, -0.1) is 6.58 Å². The Hall–Kier alpha value is -1.65. The Labute approximate surface area is 114 Å². The van der Waals surface area contributed by atoms with Gasteiger partial charge in [0.15, 0.2) is 11.5 Å². The van der Waals surface area contributed by atoms with Crippen LogP contribution >= 0.6 is 15.9 Å². The van der Waals surface area contributed by atoms with Crippen molar-refractivity contribution in [3.63, 3.8) is 0 Å². The van der Waals surface area contributed by atoms with E-state index in [1.807, 2.05) is 0 Å². The van der Waals surface area contributed by atoms with Crippen LogP contribution in [0.1, 0.15) is 18.0 Å². The summed E-state index contributed by atoms with van der Waals surface area (Å²) >= 11 is 3.44. The first-order chi connectivity index (χ1) is 8.67. The van der Waals surface area contributed by atoms with E-state index in [2.05, 4.69) is 32.5 Å². The molecule has 0 aliphatic rings. The minimum atomic E-state index is -0.318. The van der Waals surface area contributed by atoms with Crippen LogP contribution in [0.4, 0.5) is 0 Å². The summed E-state index contributed by atoms with van der Waals surface area (Å²) < 4.78 is 11.2. The average molecular weight is 312 g/mol. The minimum absolute atomic E-state index is 0.318. The second kappa shape index (κ2) is 6.93. The molecule has 0 bridgehead atoms. The number of halogens is 1. The van der Waals surface area contributed by atoms with Crippen LogP contribution in [-0.4, -0.2) is 14.2 Å². The fourth-order valence-electron chi connectivity index (χ4n) is 1.58. The van der Waals surface area contributed by atoms with E-state index in [1.54, 1.807) is 32.4 Å². The van der Waals surface area contributed by atoms with Gasteiger partial charge in [-0.05, 0) is 29.6 Å². The second-order valence-electron chi connectivity index (χ2n) is 3.47. The van der Waals surface area contributed by atoms with Gasteiger partial charge in [-0.1, -0.05) is 27.1 Å². The Bertz CT molecular complexity index is 484. The van der Waals surface area contributed by atoms with Crippen molar-refractivity contribution in [3.8, 4) is 11.5 Å². The van der Waals surface area contributed by atoms with Crippen LogP contribution in [0.5, 0.6) is 11.5 Å². The van der Waals surface area contributed by atoms with Crippen LogP contribution in [0.2, 0.25) is 0 Å². The monoisotopic (exact) mass is 311 g/mol. The third-order valence-corrected chi connectivity index (χ3v) is 3.13. The van der Waals surface area contributed by atoms with Crippen LogP contribution in [0, 0.1) is 0 Å². The highest BCUT2D eigenvalue weighted by atomic mass is 79.9. The molecule has 1 rings (SSSR count). The molecule has 1 atom stereocenters. The van der Waals surface area contributed by atoms with Crippen LogP contribution in [-0.2, 0) is 0 Å². The van der Waals surface area contributed by atoms with Crippen LogP contribution in [0.15, 0.2) is 34.4 Å². The van der Waals surface area contributed by atoms with Gasteiger partial charge in [0.25, 0.3) is 0 Å². The fraction of sp³-hybridized carbons (Fsp3) is 0.333. The molecule has 0 heterocycles. The van der Waals surface area contributed by atoms with Crippen molar-refractivity contribution in [2.75, 3.05) is 14.2 Å². The van der Waals surface area contributed by atoms with E-state index < -0.39 is 0 Å². The smallest absolute Gasteiger partial charge is 0.161 e. The molecule has 96 valence electrons. The molecule has 1 aromatic carbocycles. The van der Waals surface area contributed by atoms with Crippen LogP contribution < -0.4 is 9.47 Å². The molecule has 0 fully saturated rings. The van der Waals surface area contributed by atoms with Crippen molar-refractivity contribution >= 4 is 15.9 Å². The number of methoxy groups -OCH3 is 2. The van der Waals surface area contributed by atoms with Gasteiger partial charge in [0.1, 0.15) is 0 Å². The van der Waals surface area contributed by atoms with Gasteiger partial charge < -0.3 is 9.47 Å². The molecule has 5 nitrogen and oxygen atoms in total. The topological polar surface area (TPSA) is 67.2 Å². The van der Waals surface area contributed by atoms with Crippen molar-refractivity contribution in [2.24, 2.45) is 5.11 Å². The van der Waals surface area contributed by atoms with Crippen molar-refractivity contribution in [3.05, 3.63) is 45.3 Å². The molecule has 0 aliphatic carbocycles. The summed E-state index contributed by atoms with van der Waals surface area (Å²) in [5, 5.41) is 3.76. The predicted octanol–water partition coefficient (Wildman–Crippen LogP) is 4.39. The Kier molecular flexibility index (Phi) is 5.55. The van der Waals surface area contributed by atoms with Crippen molar-refractivity contribution in [1.82, 2.24) is 0 Å². The van der Waals surface area contributed by atoms with Crippen molar-refractivity contribution in [2.45, 2.75) is 12.5 Å². The highest BCUT2D eigenvalue weighted by Gasteiger charge is 2.16. The maximum Gasteiger partial charge on any atom is 0.161 e. The van der Waals surface area contributed by atoms with Gasteiger partial charge in [-0.3, -0.25) is 0 Å². The molecular formula is C12H14BrN3O2. The van der Waals surface area contributed by atoms with E-state index in [-0.39, 0.29) is 6.04 Å². The molecule has 0 aromatic heterocycles. The fourth-order valence-corrected chi connectivity index (χ4v) is 2.17. The van der Waals surface area contributed by atoms with E-state index in [0.29, 0.717) is 17.9 Å². The molecule has 0 saturated heterocycles. The summed E-state index contributed by atoms with van der Waals surface area (Å²) in [6, 6.07) is 3.27. The van der Waals surface area contributed by atoms with E-state index in [0.717, 1.165) is 10.0 Å². The second-order valence-corrected chi connectivity index (χ2v) is 4.33. The Balaban J connectivity index is 3.29. The van der Waals surface area contributed by atoms with Gasteiger partial charge >= 0.3 is 0 Å². The highest BCUT2D eigenvalue weighted by molar-refractivity contribution is 9.10. The average Bonchev–Trinajstić information content (AvgIpc) is 2.38. The molecule has 0 aliphatic heterocycles. The maximum atomic E-state index is 8.60. The lowest BCUT2D eigenvalue weighted by molar-refractivity contribution is 0.354. The highest BCUT2D eigenvalue weighted by Crippen LogP contribution is 2.38. The van der Waals surface area contributed by atoms with E-state index >= 15 is 0 Å². The molecule has 0 amide bonds. The molecule has 0 N–H and O–H groups in total. The van der Waals surface area contributed by atoms with Gasteiger partial charge in [0, 0.05) is 9.38 Å². The predicted molar refractivity (Wildman–Crippen MR) is 73.9 cm³/mol. The SMILES string of the molecule is C=CCC(N=[N+]=[N-])c1cc(OC)c(OC)cc1Br. The number of rotatable bonds is 6. The third kappa shape index (κ3) is 3.18. The van der Waals surface area contributed by atoms with E-state index in [9.17, 15) is 0 Å². The molecule has 1 aromatic rings. The van der Waals surface area contributed by atoms with Crippen molar-refractivity contribution in [1.29, 1.82) is 0 Å². The third-order valence-electron chi connectivity index (χ3n) is 2.44. The van der Waals surface area contributed by atoms with Gasteiger partial charge in [0.05, 0.1) is 20.3 Å². The molecule has 0 saturated carbocycles. The largest absolute Gasteiger partial charge is 0.493 e. The number of benzene rings is 1. The lowest BCUT2D eigenvalue weighted by Crippen LogP contribution is -1.98. The number of ether oxygens (including phenoxy) is 2. The molecule has 1 unspecified atom stereocenters. The minimum Gasteiger partial charge on any atom is -0.493 e. The summed E-state index contributed by atoms with van der Waals surface area (Å²) in [6.45, 7) is 3.66. The standard InChI is InChI=1S/C12H14BrN3O2/c1-4-5-10(15-16-14)8-6-11(17-2)12(18-3)7-9(8)13/h4,6-7,10H,1,5H2,2-3H3. The van der Waals surface area contributed by atoms with Crippen molar-refractivity contribution < 1.29 is 9.47 Å². The summed E-state index contributed by atoms with van der Waals surface area (Å²) in [5.74, 6) is 1.21. The van der Waals surface area contributed by atoms with Gasteiger partial charge in [-0.2, -0.15) is 0 Å². The Morgan fingerprint density at radius 3 is 2.56 bits per heavy atom. The Morgan fingerprint density at radius 1 is 1.44 bits per heavy atom. The van der Waals surface area contributed by atoms with Crippen LogP contribution in [0.3, 0.4) is 0 Å². The zero-order valence-corrected chi connectivity index (χ0v) is 11.8. The summed E-state index contributed by atoms with van der Waals surface area (Å²) in [7, 11) is 3.13. The molecular weight excluding hydrogens is 298 g/mol. The number of hydrogen-bond acceptors (Lipinski definition) is 3. The first-order valence-corrected chi connectivity index (χ1v) is 6.03. The summed E-state index contributed by atoms with van der Waals surface area (Å²) in [6.07, 6.45) is 2.26. The van der Waals surface area contributed by atoms with E-state index in [4.69, 9.17) is 15.0 Å².